The normalized spacial score (nSPS) is 10.6. The molecule has 1 aromatic rings. The predicted molar refractivity (Wildman–Crippen MR) is 81.9 cm³/mol. The van der Waals surface area contributed by atoms with Gasteiger partial charge < -0.3 is 19.5 Å². The Kier molecular flexibility index (Phi) is 6.90. The van der Waals surface area contributed by atoms with E-state index in [0.29, 0.717) is 6.42 Å². The molecule has 0 saturated heterocycles. The Morgan fingerprint density at radius 1 is 1.42 bits per heavy atom. The van der Waals surface area contributed by atoms with Crippen LogP contribution in [0, 0.1) is 10.1 Å². The van der Waals surface area contributed by atoms with Crippen molar-refractivity contribution in [1.82, 2.24) is 10.3 Å². The molecule has 24 heavy (non-hydrogen) atoms. The van der Waals surface area contributed by atoms with Gasteiger partial charge in [0.25, 0.3) is 12.4 Å². The van der Waals surface area contributed by atoms with Gasteiger partial charge in [-0.2, -0.15) is 4.98 Å². The molecular formula is C14H19N3O7. The molecule has 1 rings (SSSR count). The molecule has 0 aromatic carbocycles. The van der Waals surface area contributed by atoms with Crippen molar-refractivity contribution in [3.05, 3.63) is 22.2 Å². The Hall–Kier alpha value is -2.91. The zero-order valence-corrected chi connectivity index (χ0v) is 13.6. The largest absolute Gasteiger partial charge is 0.473 e. The van der Waals surface area contributed by atoms with Crippen LogP contribution < -0.4 is 14.8 Å². The van der Waals surface area contributed by atoms with Gasteiger partial charge in [-0.25, -0.2) is 4.79 Å². The van der Waals surface area contributed by atoms with Crippen LogP contribution in [0.15, 0.2) is 12.1 Å². The number of amides is 1. The Labute approximate surface area is 138 Å². The first-order chi connectivity index (χ1) is 11.2. The fraction of sp³-hybridized carbons (Fsp3) is 0.500. The van der Waals surface area contributed by atoms with Crippen molar-refractivity contribution >= 4 is 18.3 Å². The van der Waals surface area contributed by atoms with Crippen LogP contribution in [0.5, 0.6) is 11.8 Å². The van der Waals surface area contributed by atoms with Gasteiger partial charge in [-0.3, -0.25) is 14.9 Å². The average molecular weight is 341 g/mol. The molecular weight excluding hydrogens is 322 g/mol. The number of hydrogen-bond donors (Lipinski definition) is 1. The lowest BCUT2D eigenvalue weighted by Crippen LogP contribution is -2.33. The number of nitrogens with zero attached hydrogens (tertiary/aromatic N) is 2. The van der Waals surface area contributed by atoms with Gasteiger partial charge in [-0.15, -0.1) is 0 Å². The van der Waals surface area contributed by atoms with E-state index in [1.807, 2.05) is 0 Å². The molecule has 0 saturated carbocycles. The molecule has 0 spiro atoms. The molecule has 132 valence electrons. The lowest BCUT2D eigenvalue weighted by atomic mass is 10.2. The van der Waals surface area contributed by atoms with Crippen LogP contribution in [0.3, 0.4) is 0 Å². The molecule has 0 bridgehead atoms. The van der Waals surface area contributed by atoms with Crippen LogP contribution in [-0.2, 0) is 9.53 Å². The van der Waals surface area contributed by atoms with Crippen LogP contribution in [0.4, 0.5) is 10.5 Å². The molecule has 0 radical (unpaired) electrons. The second kappa shape index (κ2) is 8.65. The topological polar surface area (TPSA) is 130 Å². The minimum Gasteiger partial charge on any atom is -0.473 e. The van der Waals surface area contributed by atoms with Gasteiger partial charge in [-0.1, -0.05) is 0 Å². The number of ether oxygens (including phenoxy) is 3. The van der Waals surface area contributed by atoms with E-state index in [-0.39, 0.29) is 37.1 Å². The SMILES string of the molecule is CC(C)(C)OC(=O)NCCCOc1nc(OC=O)ccc1[N+](=O)[O-]. The Morgan fingerprint density at radius 3 is 2.71 bits per heavy atom. The van der Waals surface area contributed by atoms with Crippen molar-refractivity contribution in [1.29, 1.82) is 0 Å². The molecule has 0 aliphatic carbocycles. The minimum absolute atomic E-state index is 0.0637. The number of rotatable bonds is 8. The Bertz CT molecular complexity index is 599. The number of nitrogens with one attached hydrogen (secondary N) is 1. The Balaban J connectivity index is 2.49. The molecule has 10 nitrogen and oxygen atoms in total. The summed E-state index contributed by atoms with van der Waals surface area (Å²) in [6, 6.07) is 2.31. The molecule has 1 heterocycles. The molecule has 1 amide bonds. The highest BCUT2D eigenvalue weighted by molar-refractivity contribution is 5.67. The van der Waals surface area contributed by atoms with Gasteiger partial charge in [-0.05, 0) is 27.2 Å². The Morgan fingerprint density at radius 2 is 2.12 bits per heavy atom. The predicted octanol–water partition coefficient (Wildman–Crippen LogP) is 1.82. The van der Waals surface area contributed by atoms with Gasteiger partial charge in [0.2, 0.25) is 5.88 Å². The maximum Gasteiger partial charge on any atom is 0.407 e. The third kappa shape index (κ3) is 6.90. The number of alkyl carbamates (subject to hydrolysis) is 1. The minimum atomic E-state index is -0.661. The number of carbonyl (C=O) groups is 2. The number of pyridine rings is 1. The summed E-state index contributed by atoms with van der Waals surface area (Å²) in [6.45, 7) is 5.71. The summed E-state index contributed by atoms with van der Waals surface area (Å²) in [5.41, 5.74) is -0.946. The van der Waals surface area contributed by atoms with E-state index in [1.165, 1.54) is 6.07 Å². The summed E-state index contributed by atoms with van der Waals surface area (Å²) in [4.78, 5) is 35.7. The lowest BCUT2D eigenvalue weighted by Gasteiger charge is -2.19. The van der Waals surface area contributed by atoms with E-state index in [0.717, 1.165) is 6.07 Å². The van der Waals surface area contributed by atoms with Gasteiger partial charge >= 0.3 is 11.8 Å². The fourth-order valence-corrected chi connectivity index (χ4v) is 1.52. The first kappa shape index (κ1) is 19.1. The lowest BCUT2D eigenvalue weighted by molar-refractivity contribution is -0.386. The van der Waals surface area contributed by atoms with Gasteiger partial charge in [0.05, 0.1) is 11.5 Å². The molecule has 0 unspecified atom stereocenters. The highest BCUT2D eigenvalue weighted by atomic mass is 16.6. The van der Waals surface area contributed by atoms with Gasteiger partial charge in [0, 0.05) is 18.7 Å². The van der Waals surface area contributed by atoms with Crippen molar-refractivity contribution in [2.45, 2.75) is 32.8 Å². The van der Waals surface area contributed by atoms with Crippen LogP contribution in [0.1, 0.15) is 27.2 Å². The van der Waals surface area contributed by atoms with E-state index >= 15 is 0 Å². The standard InChI is InChI=1S/C14H19N3O7/c1-14(2,3)24-13(19)15-7-4-8-22-12-10(17(20)21)5-6-11(16-12)23-9-18/h5-6,9H,4,7-8H2,1-3H3,(H,15,19). The van der Waals surface area contributed by atoms with E-state index in [4.69, 9.17) is 9.47 Å². The van der Waals surface area contributed by atoms with Crippen molar-refractivity contribution in [3.8, 4) is 11.8 Å². The van der Waals surface area contributed by atoms with Crippen LogP contribution in [0.25, 0.3) is 0 Å². The number of carbonyl (C=O) groups excluding carboxylic acids is 2. The first-order valence-corrected chi connectivity index (χ1v) is 7.08. The molecule has 1 N–H and O–H groups in total. The molecule has 10 heteroatoms. The zero-order chi connectivity index (χ0) is 18.2. The summed E-state index contributed by atoms with van der Waals surface area (Å²) in [5.74, 6) is -0.380. The van der Waals surface area contributed by atoms with E-state index < -0.39 is 16.6 Å². The first-order valence-electron chi connectivity index (χ1n) is 7.08. The molecule has 0 aliphatic rings. The molecule has 0 atom stereocenters. The molecule has 0 fully saturated rings. The molecule has 0 aliphatic heterocycles. The summed E-state index contributed by atoms with van der Waals surface area (Å²) < 4.78 is 14.8. The van der Waals surface area contributed by atoms with Crippen LogP contribution in [-0.4, -0.2) is 41.2 Å². The number of aromatic nitrogens is 1. The zero-order valence-electron chi connectivity index (χ0n) is 13.6. The summed E-state index contributed by atoms with van der Waals surface area (Å²) in [6.07, 6.45) is -0.190. The number of hydrogen-bond acceptors (Lipinski definition) is 8. The maximum absolute atomic E-state index is 11.4. The summed E-state index contributed by atoms with van der Waals surface area (Å²) >= 11 is 0. The van der Waals surface area contributed by atoms with Crippen molar-refractivity contribution in [2.75, 3.05) is 13.2 Å². The number of nitro groups is 1. The maximum atomic E-state index is 11.4. The van der Waals surface area contributed by atoms with Gasteiger partial charge in [0.15, 0.2) is 0 Å². The quantitative estimate of drug-likeness (QED) is 0.328. The summed E-state index contributed by atoms with van der Waals surface area (Å²) in [7, 11) is 0. The second-order valence-corrected chi connectivity index (χ2v) is 5.58. The third-order valence-corrected chi connectivity index (χ3v) is 2.41. The van der Waals surface area contributed by atoms with Crippen molar-refractivity contribution in [3.63, 3.8) is 0 Å². The smallest absolute Gasteiger partial charge is 0.407 e. The van der Waals surface area contributed by atoms with E-state index in [1.54, 1.807) is 20.8 Å². The van der Waals surface area contributed by atoms with Crippen molar-refractivity contribution < 1.29 is 28.7 Å². The third-order valence-electron chi connectivity index (χ3n) is 2.41. The van der Waals surface area contributed by atoms with Crippen LogP contribution >= 0.6 is 0 Å². The van der Waals surface area contributed by atoms with E-state index in [2.05, 4.69) is 15.0 Å². The van der Waals surface area contributed by atoms with Crippen LogP contribution in [0.2, 0.25) is 0 Å². The highest BCUT2D eigenvalue weighted by Crippen LogP contribution is 2.27. The van der Waals surface area contributed by atoms with Crippen molar-refractivity contribution in [2.24, 2.45) is 0 Å². The molecule has 1 aromatic heterocycles. The average Bonchev–Trinajstić information content (AvgIpc) is 2.45. The van der Waals surface area contributed by atoms with Gasteiger partial charge in [0.1, 0.15) is 5.60 Å². The second-order valence-electron chi connectivity index (χ2n) is 5.58. The summed E-state index contributed by atoms with van der Waals surface area (Å²) in [5, 5.41) is 13.4. The highest BCUT2D eigenvalue weighted by Gasteiger charge is 2.18. The monoisotopic (exact) mass is 341 g/mol. The van der Waals surface area contributed by atoms with E-state index in [9.17, 15) is 19.7 Å². The fourth-order valence-electron chi connectivity index (χ4n) is 1.52.